The number of hydrogen-bond donors (Lipinski definition) is 2. The summed E-state index contributed by atoms with van der Waals surface area (Å²) in [7, 11) is -2.50. The average Bonchev–Trinajstić information content (AvgIpc) is 2.65. The Kier molecular flexibility index (Phi) is 6.72. The molecule has 0 unspecified atom stereocenters. The summed E-state index contributed by atoms with van der Waals surface area (Å²) in [5, 5.41) is 15.2. The molecule has 0 fully saturated rings. The molecule has 10 heteroatoms. The number of unbranched alkanes of at least 4 members (excludes halogenated alkanes) is 1. The fourth-order valence-corrected chi connectivity index (χ4v) is 3.18. The van der Waals surface area contributed by atoms with Crippen LogP contribution in [0.2, 0.25) is 0 Å². The minimum absolute atomic E-state index is 0.107. The van der Waals surface area contributed by atoms with Crippen LogP contribution in [0.15, 0.2) is 52.5 Å². The lowest BCUT2D eigenvalue weighted by Crippen LogP contribution is -2.13. The van der Waals surface area contributed by atoms with Crippen LogP contribution in [-0.2, 0) is 10.0 Å². The van der Waals surface area contributed by atoms with Gasteiger partial charge in [0.2, 0.25) is 0 Å². The van der Waals surface area contributed by atoms with Gasteiger partial charge in [-0.3, -0.25) is 20.3 Å². The molecular formula is C17H20N4O5S. The second-order valence-electron chi connectivity index (χ2n) is 5.48. The van der Waals surface area contributed by atoms with Gasteiger partial charge in [-0.2, -0.15) is 5.10 Å². The summed E-state index contributed by atoms with van der Waals surface area (Å²) < 4.78 is 32.4. The Morgan fingerprint density at radius 3 is 2.52 bits per heavy atom. The zero-order valence-electron chi connectivity index (χ0n) is 14.9. The molecule has 27 heavy (non-hydrogen) atoms. The van der Waals surface area contributed by atoms with Crippen LogP contribution in [0.25, 0.3) is 0 Å². The summed E-state index contributed by atoms with van der Waals surface area (Å²) in [4.78, 5) is 10.4. The van der Waals surface area contributed by atoms with Gasteiger partial charge >= 0.3 is 0 Å². The summed E-state index contributed by atoms with van der Waals surface area (Å²) >= 11 is 0. The molecule has 0 saturated carbocycles. The van der Waals surface area contributed by atoms with Gasteiger partial charge in [0.25, 0.3) is 15.7 Å². The van der Waals surface area contributed by atoms with E-state index in [9.17, 15) is 18.5 Å². The highest BCUT2D eigenvalue weighted by Crippen LogP contribution is 2.28. The Hall–Kier alpha value is -3.14. The van der Waals surface area contributed by atoms with Crippen molar-refractivity contribution < 1.29 is 18.1 Å². The van der Waals surface area contributed by atoms with Crippen molar-refractivity contribution >= 4 is 33.3 Å². The maximum atomic E-state index is 12.5. The summed E-state index contributed by atoms with van der Waals surface area (Å²) in [5.41, 5.74) is 2.60. The van der Waals surface area contributed by atoms with Crippen LogP contribution >= 0.6 is 0 Å². The van der Waals surface area contributed by atoms with Gasteiger partial charge in [-0.15, -0.1) is 0 Å². The molecule has 0 atom stereocenters. The molecular weight excluding hydrogens is 372 g/mol. The third kappa shape index (κ3) is 5.42. The van der Waals surface area contributed by atoms with E-state index in [1.165, 1.54) is 31.4 Å². The molecule has 0 aliphatic rings. The van der Waals surface area contributed by atoms with Crippen LogP contribution in [0.1, 0.15) is 19.8 Å². The standard InChI is InChI=1S/C17H20N4O5S/c1-3-4-11-18-19-16-10-9-15(12-17(16)21(22)23)27(24,25)20-13-5-7-14(26-2)8-6-13/h5-12,19-20H,3-4H2,1-2H3/b18-11-. The largest absolute Gasteiger partial charge is 0.497 e. The van der Waals surface area contributed by atoms with Crippen molar-refractivity contribution in [1.29, 1.82) is 0 Å². The minimum Gasteiger partial charge on any atom is -0.497 e. The predicted molar refractivity (Wildman–Crippen MR) is 104 cm³/mol. The number of hydrogen-bond acceptors (Lipinski definition) is 7. The SMILES string of the molecule is CCC/C=N\Nc1ccc(S(=O)(=O)Nc2ccc(OC)cc2)cc1[N+](=O)[O-]. The molecule has 0 spiro atoms. The summed E-state index contributed by atoms with van der Waals surface area (Å²) in [6.07, 6.45) is 3.21. The lowest BCUT2D eigenvalue weighted by Gasteiger charge is -2.10. The Bertz CT molecular complexity index is 927. The smallest absolute Gasteiger partial charge is 0.295 e. The van der Waals surface area contributed by atoms with Crippen molar-refractivity contribution in [1.82, 2.24) is 0 Å². The summed E-state index contributed by atoms with van der Waals surface area (Å²) in [5.74, 6) is 0.577. The van der Waals surface area contributed by atoms with Gasteiger partial charge in [-0.05, 0) is 42.8 Å². The number of rotatable bonds is 9. The van der Waals surface area contributed by atoms with Gasteiger partial charge in [-0.1, -0.05) is 13.3 Å². The molecule has 0 saturated heterocycles. The maximum Gasteiger partial charge on any atom is 0.295 e. The highest BCUT2D eigenvalue weighted by Gasteiger charge is 2.21. The molecule has 2 rings (SSSR count). The van der Waals surface area contributed by atoms with Crippen molar-refractivity contribution in [2.45, 2.75) is 24.7 Å². The first-order chi connectivity index (χ1) is 12.9. The number of hydrazone groups is 1. The van der Waals surface area contributed by atoms with Gasteiger partial charge < -0.3 is 4.74 Å². The van der Waals surface area contributed by atoms with Crippen LogP contribution < -0.4 is 14.9 Å². The van der Waals surface area contributed by atoms with E-state index in [1.807, 2.05) is 6.92 Å². The highest BCUT2D eigenvalue weighted by atomic mass is 32.2. The Balaban J connectivity index is 2.27. The second-order valence-corrected chi connectivity index (χ2v) is 7.16. The van der Waals surface area contributed by atoms with Crippen molar-refractivity contribution in [3.8, 4) is 5.75 Å². The van der Waals surface area contributed by atoms with Gasteiger partial charge in [0, 0.05) is 18.0 Å². The van der Waals surface area contributed by atoms with E-state index in [4.69, 9.17) is 4.74 Å². The molecule has 2 aromatic carbocycles. The molecule has 0 heterocycles. The first kappa shape index (κ1) is 20.2. The maximum absolute atomic E-state index is 12.5. The Morgan fingerprint density at radius 2 is 1.93 bits per heavy atom. The number of nitrogens with one attached hydrogen (secondary N) is 2. The number of nitrogens with zero attached hydrogens (tertiary/aromatic N) is 2. The van der Waals surface area contributed by atoms with Crippen LogP contribution in [0.5, 0.6) is 5.75 Å². The normalized spacial score (nSPS) is 11.3. The fourth-order valence-electron chi connectivity index (χ4n) is 2.11. The third-order valence-electron chi connectivity index (χ3n) is 3.51. The first-order valence-electron chi connectivity index (χ1n) is 8.10. The number of methoxy groups -OCH3 is 1. The second kappa shape index (κ2) is 8.99. The van der Waals surface area contributed by atoms with Gasteiger partial charge in [-0.25, -0.2) is 8.42 Å². The molecule has 9 nitrogen and oxygen atoms in total. The van der Waals surface area contributed by atoms with Crippen LogP contribution in [0.4, 0.5) is 17.1 Å². The monoisotopic (exact) mass is 392 g/mol. The zero-order chi connectivity index (χ0) is 19.9. The molecule has 0 amide bonds. The highest BCUT2D eigenvalue weighted by molar-refractivity contribution is 7.92. The van der Waals surface area contributed by atoms with Crippen molar-refractivity contribution in [3.05, 3.63) is 52.6 Å². The third-order valence-corrected chi connectivity index (χ3v) is 4.89. The molecule has 0 aliphatic carbocycles. The van der Waals surface area contributed by atoms with Crippen LogP contribution in [-0.4, -0.2) is 26.7 Å². The van der Waals surface area contributed by atoms with Gasteiger partial charge in [0.15, 0.2) is 0 Å². The fraction of sp³-hybridized carbons (Fsp3) is 0.235. The summed E-state index contributed by atoms with van der Waals surface area (Å²) in [6.45, 7) is 1.98. The van der Waals surface area contributed by atoms with Crippen molar-refractivity contribution in [2.75, 3.05) is 17.3 Å². The number of anilines is 2. The van der Waals surface area contributed by atoms with E-state index in [2.05, 4.69) is 15.2 Å². The van der Waals surface area contributed by atoms with Crippen molar-refractivity contribution in [2.24, 2.45) is 5.10 Å². The number of ether oxygens (including phenoxy) is 1. The molecule has 0 aliphatic heterocycles. The number of nitro benzene ring substituents is 1. The quantitative estimate of drug-likeness (QED) is 0.382. The molecule has 0 aromatic heterocycles. The Labute approximate surface area is 157 Å². The van der Waals surface area contributed by atoms with E-state index in [0.717, 1.165) is 18.9 Å². The predicted octanol–water partition coefficient (Wildman–Crippen LogP) is 3.60. The average molecular weight is 392 g/mol. The zero-order valence-corrected chi connectivity index (χ0v) is 15.7. The van der Waals surface area contributed by atoms with Crippen molar-refractivity contribution in [3.63, 3.8) is 0 Å². The molecule has 0 bridgehead atoms. The van der Waals surface area contributed by atoms with E-state index in [1.54, 1.807) is 18.3 Å². The number of nitro groups is 1. The van der Waals surface area contributed by atoms with E-state index in [0.29, 0.717) is 11.4 Å². The van der Waals surface area contributed by atoms with Gasteiger partial charge in [0.1, 0.15) is 11.4 Å². The van der Waals surface area contributed by atoms with E-state index >= 15 is 0 Å². The lowest BCUT2D eigenvalue weighted by atomic mass is 10.3. The van der Waals surface area contributed by atoms with E-state index in [-0.39, 0.29) is 16.3 Å². The topological polar surface area (TPSA) is 123 Å². The Morgan fingerprint density at radius 1 is 1.22 bits per heavy atom. The van der Waals surface area contributed by atoms with Gasteiger partial charge in [0.05, 0.1) is 16.9 Å². The van der Waals surface area contributed by atoms with E-state index < -0.39 is 14.9 Å². The first-order valence-corrected chi connectivity index (χ1v) is 9.58. The number of benzene rings is 2. The van der Waals surface area contributed by atoms with Crippen LogP contribution in [0, 0.1) is 10.1 Å². The minimum atomic E-state index is -4.00. The molecule has 0 radical (unpaired) electrons. The summed E-state index contributed by atoms with van der Waals surface area (Å²) in [6, 6.07) is 9.83. The molecule has 2 N–H and O–H groups in total. The lowest BCUT2D eigenvalue weighted by molar-refractivity contribution is -0.384. The number of sulfonamides is 1. The van der Waals surface area contributed by atoms with Crippen LogP contribution in [0.3, 0.4) is 0 Å². The molecule has 2 aromatic rings. The molecule has 144 valence electrons.